The van der Waals surface area contributed by atoms with E-state index >= 15 is 0 Å². The highest BCUT2D eigenvalue weighted by molar-refractivity contribution is 6.31. The number of halogens is 1. The van der Waals surface area contributed by atoms with Gasteiger partial charge in [0.2, 0.25) is 0 Å². The van der Waals surface area contributed by atoms with Crippen LogP contribution in [0, 0.1) is 0 Å². The summed E-state index contributed by atoms with van der Waals surface area (Å²) in [4.78, 5) is 0. The zero-order chi connectivity index (χ0) is 14.9. The second-order valence-corrected chi connectivity index (χ2v) is 4.59. The Hall–Kier alpha value is -2.45. The molecule has 3 rings (SSSR count). The fourth-order valence-electron chi connectivity index (χ4n) is 1.56. The van der Waals surface area contributed by atoms with Gasteiger partial charge in [0, 0.05) is 0 Å². The number of hydrogen-bond donors (Lipinski definition) is 1. The molecule has 3 heteroatoms. The third kappa shape index (κ3) is 5.21. The van der Waals surface area contributed by atoms with Crippen molar-refractivity contribution in [3.63, 3.8) is 0 Å². The van der Waals surface area contributed by atoms with Gasteiger partial charge in [-0.2, -0.15) is 0 Å². The lowest BCUT2D eigenvalue weighted by Gasteiger charge is -2.03. The SMILES string of the molecule is Oc1ccccc1Cl.c1ccc(Oc2ccccc2)cc1. The Kier molecular flexibility index (Phi) is 5.68. The Morgan fingerprint density at radius 3 is 1.43 bits per heavy atom. The maximum Gasteiger partial charge on any atom is 0.134 e. The molecule has 106 valence electrons. The number of aromatic hydroxyl groups is 1. The molecular weight excluding hydrogens is 284 g/mol. The van der Waals surface area contributed by atoms with Crippen LogP contribution in [0.4, 0.5) is 0 Å². The number of para-hydroxylation sites is 3. The lowest BCUT2D eigenvalue weighted by Crippen LogP contribution is -1.81. The summed E-state index contributed by atoms with van der Waals surface area (Å²) in [7, 11) is 0. The minimum absolute atomic E-state index is 0.133. The van der Waals surface area contributed by atoms with Crippen molar-refractivity contribution in [2.75, 3.05) is 0 Å². The molecule has 3 aromatic rings. The molecule has 0 aliphatic rings. The van der Waals surface area contributed by atoms with E-state index in [1.807, 2.05) is 60.7 Å². The van der Waals surface area contributed by atoms with Crippen molar-refractivity contribution in [1.29, 1.82) is 0 Å². The van der Waals surface area contributed by atoms with Crippen LogP contribution < -0.4 is 4.74 Å². The van der Waals surface area contributed by atoms with Gasteiger partial charge < -0.3 is 9.84 Å². The van der Waals surface area contributed by atoms with Crippen molar-refractivity contribution in [2.45, 2.75) is 0 Å². The smallest absolute Gasteiger partial charge is 0.134 e. The maximum absolute atomic E-state index is 8.79. The summed E-state index contributed by atoms with van der Waals surface area (Å²) in [5.74, 6) is 1.87. The molecule has 0 saturated heterocycles. The molecule has 3 aromatic carbocycles. The molecule has 0 fully saturated rings. The number of phenolic OH excluding ortho intramolecular Hbond substituents is 1. The highest BCUT2D eigenvalue weighted by Crippen LogP contribution is 2.20. The average molecular weight is 299 g/mol. The minimum atomic E-state index is 0.133. The first-order chi connectivity index (χ1) is 10.3. The largest absolute Gasteiger partial charge is 0.506 e. The van der Waals surface area contributed by atoms with Crippen LogP contribution in [0.5, 0.6) is 17.2 Å². The van der Waals surface area contributed by atoms with Gasteiger partial charge in [0.15, 0.2) is 0 Å². The molecule has 0 saturated carbocycles. The van der Waals surface area contributed by atoms with Gasteiger partial charge in [-0.1, -0.05) is 60.1 Å². The van der Waals surface area contributed by atoms with E-state index in [1.165, 1.54) is 0 Å². The lowest BCUT2D eigenvalue weighted by atomic mass is 10.3. The summed E-state index contributed by atoms with van der Waals surface area (Å²) in [6, 6.07) is 26.2. The molecule has 0 amide bonds. The first-order valence-electron chi connectivity index (χ1n) is 6.47. The summed E-state index contributed by atoms with van der Waals surface area (Å²) in [5, 5.41) is 9.18. The van der Waals surface area contributed by atoms with Crippen LogP contribution in [0.1, 0.15) is 0 Å². The Bertz CT molecular complexity index is 596. The van der Waals surface area contributed by atoms with Gasteiger partial charge in [-0.25, -0.2) is 0 Å². The molecule has 0 aliphatic carbocycles. The summed E-state index contributed by atoms with van der Waals surface area (Å²) < 4.78 is 5.58. The van der Waals surface area contributed by atoms with E-state index in [4.69, 9.17) is 21.4 Å². The van der Waals surface area contributed by atoms with E-state index in [0.717, 1.165) is 11.5 Å². The summed E-state index contributed by atoms with van der Waals surface area (Å²) in [6.07, 6.45) is 0. The Labute approximate surface area is 129 Å². The summed E-state index contributed by atoms with van der Waals surface area (Å²) in [5.41, 5.74) is 0. The molecule has 0 heterocycles. The normalized spacial score (nSPS) is 9.38. The van der Waals surface area contributed by atoms with Crippen molar-refractivity contribution in [2.24, 2.45) is 0 Å². The van der Waals surface area contributed by atoms with Gasteiger partial charge in [0.25, 0.3) is 0 Å². The Morgan fingerprint density at radius 1 is 0.619 bits per heavy atom. The monoisotopic (exact) mass is 298 g/mol. The van der Waals surface area contributed by atoms with Crippen LogP contribution in [0.25, 0.3) is 0 Å². The van der Waals surface area contributed by atoms with Gasteiger partial charge in [-0.15, -0.1) is 0 Å². The molecule has 0 aromatic heterocycles. The number of phenols is 1. The van der Waals surface area contributed by atoms with Gasteiger partial charge in [0.1, 0.15) is 17.2 Å². The van der Waals surface area contributed by atoms with Crippen molar-refractivity contribution in [3.05, 3.63) is 90.0 Å². The summed E-state index contributed by atoms with van der Waals surface area (Å²) in [6.45, 7) is 0. The van der Waals surface area contributed by atoms with Crippen molar-refractivity contribution < 1.29 is 9.84 Å². The van der Waals surface area contributed by atoms with E-state index in [0.29, 0.717) is 5.02 Å². The topological polar surface area (TPSA) is 29.5 Å². The molecule has 1 N–H and O–H groups in total. The Balaban J connectivity index is 0.000000173. The van der Waals surface area contributed by atoms with Crippen molar-refractivity contribution >= 4 is 11.6 Å². The summed E-state index contributed by atoms with van der Waals surface area (Å²) >= 11 is 5.46. The van der Waals surface area contributed by atoms with Gasteiger partial charge in [0.05, 0.1) is 5.02 Å². The van der Waals surface area contributed by atoms with Crippen molar-refractivity contribution in [3.8, 4) is 17.2 Å². The van der Waals surface area contributed by atoms with E-state index in [-0.39, 0.29) is 5.75 Å². The molecule has 0 radical (unpaired) electrons. The Morgan fingerprint density at radius 2 is 1.05 bits per heavy atom. The standard InChI is InChI=1S/C12H10O.C6H5ClO/c1-3-7-11(8-4-1)13-12-9-5-2-6-10-12;7-5-3-1-2-4-6(5)8/h1-10H;1-4,8H. The van der Waals surface area contributed by atoms with Crippen LogP contribution in [0.15, 0.2) is 84.9 Å². The van der Waals surface area contributed by atoms with E-state index < -0.39 is 0 Å². The highest BCUT2D eigenvalue weighted by Gasteiger charge is 1.92. The predicted molar refractivity (Wildman–Crippen MR) is 86.1 cm³/mol. The van der Waals surface area contributed by atoms with Crippen molar-refractivity contribution in [1.82, 2.24) is 0 Å². The molecule has 21 heavy (non-hydrogen) atoms. The highest BCUT2D eigenvalue weighted by atomic mass is 35.5. The van der Waals surface area contributed by atoms with E-state index in [9.17, 15) is 0 Å². The predicted octanol–water partition coefficient (Wildman–Crippen LogP) is 5.52. The van der Waals surface area contributed by atoms with Gasteiger partial charge in [-0.3, -0.25) is 0 Å². The number of rotatable bonds is 2. The number of hydrogen-bond acceptors (Lipinski definition) is 2. The molecule has 0 aliphatic heterocycles. The quantitative estimate of drug-likeness (QED) is 0.674. The third-order valence-electron chi connectivity index (χ3n) is 2.57. The molecule has 2 nitrogen and oxygen atoms in total. The fraction of sp³-hybridized carbons (Fsp3) is 0. The first kappa shape index (κ1) is 14.9. The fourth-order valence-corrected chi connectivity index (χ4v) is 1.70. The zero-order valence-electron chi connectivity index (χ0n) is 11.3. The van der Waals surface area contributed by atoms with E-state index in [2.05, 4.69) is 0 Å². The molecule has 0 bridgehead atoms. The maximum atomic E-state index is 8.79. The number of ether oxygens (including phenoxy) is 1. The first-order valence-corrected chi connectivity index (χ1v) is 6.85. The van der Waals surface area contributed by atoms with E-state index in [1.54, 1.807) is 24.3 Å². The molecule has 0 spiro atoms. The van der Waals surface area contributed by atoms with Crippen LogP contribution in [-0.4, -0.2) is 5.11 Å². The van der Waals surface area contributed by atoms with Gasteiger partial charge >= 0.3 is 0 Å². The third-order valence-corrected chi connectivity index (χ3v) is 2.89. The molecule has 0 atom stereocenters. The number of benzene rings is 3. The lowest BCUT2D eigenvalue weighted by molar-refractivity contribution is 0.475. The second kappa shape index (κ2) is 7.98. The average Bonchev–Trinajstić information content (AvgIpc) is 2.53. The molecule has 0 unspecified atom stereocenters. The van der Waals surface area contributed by atoms with Crippen LogP contribution in [0.2, 0.25) is 5.02 Å². The van der Waals surface area contributed by atoms with Gasteiger partial charge in [-0.05, 0) is 36.4 Å². The zero-order valence-corrected chi connectivity index (χ0v) is 12.1. The second-order valence-electron chi connectivity index (χ2n) is 4.18. The van der Waals surface area contributed by atoms with Crippen LogP contribution in [-0.2, 0) is 0 Å². The minimum Gasteiger partial charge on any atom is -0.506 e. The van der Waals surface area contributed by atoms with Crippen LogP contribution >= 0.6 is 11.6 Å². The molecular formula is C18H15ClO2. The van der Waals surface area contributed by atoms with Crippen LogP contribution in [0.3, 0.4) is 0 Å².